The summed E-state index contributed by atoms with van der Waals surface area (Å²) in [5.41, 5.74) is 4.05. The van der Waals surface area contributed by atoms with Gasteiger partial charge in [0.1, 0.15) is 17.7 Å². The van der Waals surface area contributed by atoms with E-state index >= 15 is 0 Å². The number of benzene rings is 2. The van der Waals surface area contributed by atoms with Crippen LogP contribution < -0.4 is 0 Å². The minimum atomic E-state index is -0.383. The quantitative estimate of drug-likeness (QED) is 0.397. The average Bonchev–Trinajstić information content (AvgIpc) is 3.27. The topological polar surface area (TPSA) is 77.1 Å². The van der Waals surface area contributed by atoms with Gasteiger partial charge < -0.3 is 14.5 Å². The molecule has 6 nitrogen and oxygen atoms in total. The molecule has 0 aliphatic heterocycles. The fourth-order valence-electron chi connectivity index (χ4n) is 5.16. The molecule has 5 rings (SSSR count). The van der Waals surface area contributed by atoms with Crippen LogP contribution in [-0.4, -0.2) is 35.1 Å². The van der Waals surface area contributed by atoms with Crippen molar-refractivity contribution in [2.75, 3.05) is 14.2 Å². The van der Waals surface area contributed by atoms with E-state index in [1.807, 2.05) is 18.3 Å². The number of nitrogens with one attached hydrogen (secondary N) is 1. The SMILES string of the molecule is COC(=O)c1ccc2[nH]c([C@H](OC)[C@H]3CC[C@@H](c4ccnc5ccc(F)cc54)CC3)nc2c1. The largest absolute Gasteiger partial charge is 0.465 e. The van der Waals surface area contributed by atoms with Crippen molar-refractivity contribution in [3.8, 4) is 0 Å². The lowest BCUT2D eigenvalue weighted by atomic mass is 9.76. The molecule has 1 N–H and O–H groups in total. The number of nitrogens with zero attached hydrogens (tertiary/aromatic N) is 2. The van der Waals surface area contributed by atoms with E-state index in [4.69, 9.17) is 14.5 Å². The van der Waals surface area contributed by atoms with Gasteiger partial charge in [-0.1, -0.05) is 0 Å². The molecule has 0 amide bonds. The van der Waals surface area contributed by atoms with Crippen LogP contribution >= 0.6 is 0 Å². The van der Waals surface area contributed by atoms with Gasteiger partial charge in [-0.25, -0.2) is 14.2 Å². The van der Waals surface area contributed by atoms with Gasteiger partial charge in [0.2, 0.25) is 0 Å². The summed E-state index contributed by atoms with van der Waals surface area (Å²) in [6.07, 6.45) is 5.60. The van der Waals surface area contributed by atoms with E-state index in [0.29, 0.717) is 22.9 Å². The Morgan fingerprint density at radius 3 is 2.64 bits per heavy atom. The van der Waals surface area contributed by atoms with Gasteiger partial charge in [-0.15, -0.1) is 0 Å². The summed E-state index contributed by atoms with van der Waals surface area (Å²) in [5.74, 6) is 0.840. The zero-order valence-corrected chi connectivity index (χ0v) is 18.7. The number of methoxy groups -OCH3 is 2. The Hall–Kier alpha value is -3.32. The normalized spacial score (nSPS) is 19.6. The first-order valence-electron chi connectivity index (χ1n) is 11.2. The zero-order chi connectivity index (χ0) is 22.9. The average molecular weight is 448 g/mol. The van der Waals surface area contributed by atoms with Gasteiger partial charge in [-0.3, -0.25) is 4.98 Å². The van der Waals surface area contributed by atoms with Crippen molar-refractivity contribution >= 4 is 27.9 Å². The lowest BCUT2D eigenvalue weighted by molar-refractivity contribution is 0.0274. The van der Waals surface area contributed by atoms with E-state index in [2.05, 4.69) is 9.97 Å². The molecule has 2 aromatic heterocycles. The molecule has 1 fully saturated rings. The molecule has 0 radical (unpaired) electrons. The highest BCUT2D eigenvalue weighted by Crippen LogP contribution is 2.43. The van der Waals surface area contributed by atoms with Crippen molar-refractivity contribution in [3.05, 3.63) is 71.4 Å². The van der Waals surface area contributed by atoms with Gasteiger partial charge in [0.05, 0.1) is 29.2 Å². The molecule has 2 heterocycles. The van der Waals surface area contributed by atoms with Crippen molar-refractivity contribution in [2.24, 2.45) is 5.92 Å². The van der Waals surface area contributed by atoms with E-state index in [9.17, 15) is 9.18 Å². The highest BCUT2D eigenvalue weighted by molar-refractivity contribution is 5.93. The molecule has 1 saturated carbocycles. The molecule has 1 aliphatic rings. The van der Waals surface area contributed by atoms with Crippen LogP contribution in [0.25, 0.3) is 21.9 Å². The number of hydrogen-bond acceptors (Lipinski definition) is 5. The third kappa shape index (κ3) is 4.09. The third-order valence-electron chi connectivity index (χ3n) is 6.82. The number of ether oxygens (including phenoxy) is 2. The Morgan fingerprint density at radius 1 is 1.06 bits per heavy atom. The van der Waals surface area contributed by atoms with Gasteiger partial charge in [0, 0.05) is 18.7 Å². The van der Waals surface area contributed by atoms with E-state index in [1.54, 1.807) is 31.4 Å². The summed E-state index contributed by atoms with van der Waals surface area (Å²) in [4.78, 5) is 24.3. The van der Waals surface area contributed by atoms with Crippen molar-refractivity contribution in [1.82, 2.24) is 15.0 Å². The highest BCUT2D eigenvalue weighted by atomic mass is 19.1. The van der Waals surface area contributed by atoms with Crippen molar-refractivity contribution in [3.63, 3.8) is 0 Å². The molecule has 1 atom stereocenters. The Balaban J connectivity index is 1.35. The number of aromatic amines is 1. The summed E-state index contributed by atoms with van der Waals surface area (Å²) in [6.45, 7) is 0. The Morgan fingerprint density at radius 2 is 1.88 bits per heavy atom. The van der Waals surface area contributed by atoms with Crippen LogP contribution in [0.1, 0.15) is 59.5 Å². The van der Waals surface area contributed by atoms with Crippen molar-refractivity contribution < 1.29 is 18.7 Å². The number of aromatic nitrogens is 3. The van der Waals surface area contributed by atoms with E-state index in [1.165, 1.54) is 18.7 Å². The number of fused-ring (bicyclic) bond motifs is 2. The molecule has 0 unspecified atom stereocenters. The maximum atomic E-state index is 13.9. The van der Waals surface area contributed by atoms with Crippen LogP contribution in [0, 0.1) is 11.7 Å². The van der Waals surface area contributed by atoms with Crippen molar-refractivity contribution in [1.29, 1.82) is 0 Å². The molecule has 7 heteroatoms. The smallest absolute Gasteiger partial charge is 0.337 e. The minimum absolute atomic E-state index is 0.161. The molecule has 4 aromatic rings. The molecule has 1 aliphatic carbocycles. The van der Waals surface area contributed by atoms with Gasteiger partial charge in [0.25, 0.3) is 0 Å². The van der Waals surface area contributed by atoms with Crippen molar-refractivity contribution in [2.45, 2.75) is 37.7 Å². The standard InChI is InChI=1S/C26H26FN3O3/c1-32-24(25-29-22-9-7-17(26(31)33-2)13-23(22)30-25)16-5-3-15(4-6-16)19-11-12-28-21-10-8-18(27)14-20(19)21/h7-16,24H,3-6H2,1-2H3,(H,29,30)/t15-,16+,24-/m1/s1. The van der Waals surface area contributed by atoms with Gasteiger partial charge in [-0.2, -0.15) is 0 Å². The lowest BCUT2D eigenvalue weighted by Crippen LogP contribution is -2.22. The van der Waals surface area contributed by atoms with Gasteiger partial charge in [-0.05, 0) is 85.5 Å². The second kappa shape index (κ2) is 8.90. The maximum absolute atomic E-state index is 13.9. The highest BCUT2D eigenvalue weighted by Gasteiger charge is 2.31. The number of carbonyl (C=O) groups excluding carboxylic acids is 1. The monoisotopic (exact) mass is 447 g/mol. The summed E-state index contributed by atoms with van der Waals surface area (Å²) in [7, 11) is 3.08. The van der Waals surface area contributed by atoms with E-state index in [0.717, 1.165) is 47.9 Å². The number of carbonyl (C=O) groups is 1. The fraction of sp³-hybridized carbons (Fsp3) is 0.346. The zero-order valence-electron chi connectivity index (χ0n) is 18.7. The van der Waals surface area contributed by atoms with E-state index < -0.39 is 0 Å². The second-order valence-corrected chi connectivity index (χ2v) is 8.68. The molecule has 0 spiro atoms. The molecule has 33 heavy (non-hydrogen) atoms. The van der Waals surface area contributed by atoms with Gasteiger partial charge >= 0.3 is 5.97 Å². The summed E-state index contributed by atoms with van der Waals surface area (Å²) >= 11 is 0. The summed E-state index contributed by atoms with van der Waals surface area (Å²) in [6, 6.07) is 12.1. The molecular formula is C26H26FN3O3. The third-order valence-corrected chi connectivity index (χ3v) is 6.82. The lowest BCUT2D eigenvalue weighted by Gasteiger charge is -2.33. The minimum Gasteiger partial charge on any atom is -0.465 e. The number of esters is 1. The molecule has 2 aromatic carbocycles. The Bertz CT molecular complexity index is 1310. The summed E-state index contributed by atoms with van der Waals surface area (Å²) in [5, 5.41) is 0.905. The van der Waals surface area contributed by atoms with Crippen LogP contribution in [-0.2, 0) is 9.47 Å². The molecular weight excluding hydrogens is 421 g/mol. The first kappa shape index (κ1) is 21.5. The van der Waals surface area contributed by atoms with Crippen LogP contribution in [0.2, 0.25) is 0 Å². The van der Waals surface area contributed by atoms with Crippen LogP contribution in [0.4, 0.5) is 4.39 Å². The number of halogens is 1. The Kier molecular flexibility index (Phi) is 5.81. The van der Waals surface area contributed by atoms with Crippen LogP contribution in [0.5, 0.6) is 0 Å². The fourth-order valence-corrected chi connectivity index (χ4v) is 5.16. The Labute approximate surface area is 191 Å². The predicted molar refractivity (Wildman–Crippen MR) is 124 cm³/mol. The number of pyridine rings is 1. The first-order valence-corrected chi connectivity index (χ1v) is 11.2. The van der Waals surface area contributed by atoms with Gasteiger partial charge in [0.15, 0.2) is 0 Å². The van der Waals surface area contributed by atoms with E-state index in [-0.39, 0.29) is 17.9 Å². The molecule has 0 saturated heterocycles. The van der Waals surface area contributed by atoms with Crippen LogP contribution in [0.3, 0.4) is 0 Å². The maximum Gasteiger partial charge on any atom is 0.337 e. The number of imidazole rings is 1. The first-order chi connectivity index (χ1) is 16.1. The van der Waals surface area contributed by atoms with Crippen LogP contribution in [0.15, 0.2) is 48.7 Å². The number of H-pyrrole nitrogens is 1. The number of hydrogen-bond donors (Lipinski definition) is 1. The summed E-state index contributed by atoms with van der Waals surface area (Å²) < 4.78 is 24.6. The number of rotatable bonds is 5. The molecule has 170 valence electrons. The predicted octanol–water partition coefficient (Wildman–Crippen LogP) is 5.70. The second-order valence-electron chi connectivity index (χ2n) is 8.68. The molecule has 0 bridgehead atoms.